The summed E-state index contributed by atoms with van der Waals surface area (Å²) in [6.07, 6.45) is 6.50. The Kier molecular flexibility index (Phi) is 0.692. The molecule has 0 spiro atoms. The zero-order chi connectivity index (χ0) is 5.40. The monoisotopic (exact) mass is 108 g/mol. The lowest BCUT2D eigenvalue weighted by molar-refractivity contribution is 0.641. The molecule has 1 aromatic rings. The molecule has 2 heteroatoms. The molecule has 2 rings (SSSR count). The van der Waals surface area contributed by atoms with E-state index in [1.165, 1.54) is 12.8 Å². The van der Waals surface area contributed by atoms with Gasteiger partial charge < -0.3 is 0 Å². The normalized spacial score (nSPS) is 19.0. The smallest absolute Gasteiger partial charge is 0.0520 e. The van der Waals surface area contributed by atoms with Crippen LogP contribution in [0.1, 0.15) is 18.9 Å². The molecular weight excluding hydrogens is 100 g/mol. The first-order chi connectivity index (χ1) is 3.97. The fraction of sp³-hybridized carbons (Fsp3) is 0.500. The van der Waals surface area contributed by atoms with E-state index >= 15 is 0 Å². The highest BCUT2D eigenvalue weighted by Crippen LogP contribution is 2.33. The summed E-state index contributed by atoms with van der Waals surface area (Å²) >= 11 is 0. The minimum absolute atomic E-state index is 0.741. The van der Waals surface area contributed by atoms with Crippen LogP contribution in [0.5, 0.6) is 0 Å². The molecular formula is C6H8N2. The van der Waals surface area contributed by atoms with Crippen LogP contribution in [0, 0.1) is 0 Å². The van der Waals surface area contributed by atoms with Crippen molar-refractivity contribution < 1.29 is 0 Å². The van der Waals surface area contributed by atoms with E-state index in [1.807, 2.05) is 23.1 Å². The van der Waals surface area contributed by atoms with E-state index in [2.05, 4.69) is 5.10 Å². The van der Waals surface area contributed by atoms with Gasteiger partial charge in [0.05, 0.1) is 6.04 Å². The lowest BCUT2D eigenvalue weighted by Gasteiger charge is -1.91. The summed E-state index contributed by atoms with van der Waals surface area (Å²) in [7, 11) is 0. The van der Waals surface area contributed by atoms with Gasteiger partial charge in [0, 0.05) is 12.4 Å². The summed E-state index contributed by atoms with van der Waals surface area (Å²) in [4.78, 5) is 0. The van der Waals surface area contributed by atoms with E-state index in [0.29, 0.717) is 0 Å². The van der Waals surface area contributed by atoms with E-state index in [0.717, 1.165) is 6.04 Å². The van der Waals surface area contributed by atoms with Crippen molar-refractivity contribution in [2.75, 3.05) is 0 Å². The van der Waals surface area contributed by atoms with Crippen LogP contribution in [0.15, 0.2) is 18.5 Å². The number of aromatic nitrogens is 2. The second kappa shape index (κ2) is 1.34. The first-order valence-electron chi connectivity index (χ1n) is 2.96. The third-order valence-electron chi connectivity index (χ3n) is 1.45. The molecule has 0 saturated heterocycles. The fourth-order valence-corrected chi connectivity index (χ4v) is 0.836. The summed E-state index contributed by atoms with van der Waals surface area (Å²) in [6.45, 7) is 0. The van der Waals surface area contributed by atoms with Crippen LogP contribution in [0.2, 0.25) is 0 Å². The number of hydrogen-bond donors (Lipinski definition) is 0. The van der Waals surface area contributed by atoms with Gasteiger partial charge in [-0.05, 0) is 18.9 Å². The molecule has 42 valence electrons. The van der Waals surface area contributed by atoms with E-state index in [1.54, 1.807) is 0 Å². The lowest BCUT2D eigenvalue weighted by atomic mass is 10.7. The first kappa shape index (κ1) is 4.13. The van der Waals surface area contributed by atoms with Gasteiger partial charge in [-0.3, -0.25) is 4.68 Å². The summed E-state index contributed by atoms with van der Waals surface area (Å²) < 4.78 is 2.03. The van der Waals surface area contributed by atoms with Crippen molar-refractivity contribution in [3.8, 4) is 0 Å². The molecule has 1 aliphatic carbocycles. The topological polar surface area (TPSA) is 17.8 Å². The van der Waals surface area contributed by atoms with Gasteiger partial charge in [-0.1, -0.05) is 0 Å². The maximum Gasteiger partial charge on any atom is 0.0520 e. The molecule has 1 heterocycles. The van der Waals surface area contributed by atoms with E-state index in [4.69, 9.17) is 0 Å². The van der Waals surface area contributed by atoms with Crippen molar-refractivity contribution in [1.29, 1.82) is 0 Å². The van der Waals surface area contributed by atoms with Gasteiger partial charge in [0.15, 0.2) is 0 Å². The van der Waals surface area contributed by atoms with Crippen molar-refractivity contribution in [1.82, 2.24) is 9.78 Å². The third-order valence-corrected chi connectivity index (χ3v) is 1.45. The minimum atomic E-state index is 0.741. The average Bonchev–Trinajstić information content (AvgIpc) is 2.49. The predicted molar refractivity (Wildman–Crippen MR) is 30.5 cm³/mol. The van der Waals surface area contributed by atoms with Crippen molar-refractivity contribution in [3.05, 3.63) is 18.5 Å². The molecule has 0 unspecified atom stereocenters. The Morgan fingerprint density at radius 1 is 1.50 bits per heavy atom. The Balaban J connectivity index is 2.28. The second-order valence-electron chi connectivity index (χ2n) is 2.22. The Morgan fingerprint density at radius 3 is 2.88 bits per heavy atom. The van der Waals surface area contributed by atoms with Gasteiger partial charge in [0.25, 0.3) is 0 Å². The quantitative estimate of drug-likeness (QED) is 0.529. The Bertz CT molecular complexity index is 163. The van der Waals surface area contributed by atoms with Gasteiger partial charge in [-0.25, -0.2) is 0 Å². The molecule has 0 radical (unpaired) electrons. The zero-order valence-corrected chi connectivity index (χ0v) is 4.62. The molecule has 0 aliphatic heterocycles. The molecule has 8 heavy (non-hydrogen) atoms. The summed E-state index contributed by atoms with van der Waals surface area (Å²) in [5, 5.41) is 4.09. The summed E-state index contributed by atoms with van der Waals surface area (Å²) in [5.74, 6) is 0. The van der Waals surface area contributed by atoms with Crippen LogP contribution in [0.3, 0.4) is 0 Å². The lowest BCUT2D eigenvalue weighted by Crippen LogP contribution is -1.91. The summed E-state index contributed by atoms with van der Waals surface area (Å²) in [6, 6.07) is 2.71. The largest absolute Gasteiger partial charge is 0.270 e. The van der Waals surface area contributed by atoms with Crippen molar-refractivity contribution >= 4 is 0 Å². The SMILES string of the molecule is c1cnn(C2CC2)c1. The molecule has 0 amide bonds. The highest BCUT2D eigenvalue weighted by atomic mass is 15.3. The van der Waals surface area contributed by atoms with E-state index < -0.39 is 0 Å². The molecule has 2 nitrogen and oxygen atoms in total. The van der Waals surface area contributed by atoms with E-state index in [9.17, 15) is 0 Å². The number of hydrogen-bond acceptors (Lipinski definition) is 1. The molecule has 0 atom stereocenters. The minimum Gasteiger partial charge on any atom is -0.270 e. The van der Waals surface area contributed by atoms with Crippen LogP contribution >= 0.6 is 0 Å². The fourth-order valence-electron chi connectivity index (χ4n) is 0.836. The zero-order valence-electron chi connectivity index (χ0n) is 4.62. The van der Waals surface area contributed by atoms with Crippen molar-refractivity contribution in [2.45, 2.75) is 18.9 Å². The molecule has 1 fully saturated rings. The van der Waals surface area contributed by atoms with Gasteiger partial charge in [-0.15, -0.1) is 0 Å². The molecule has 1 saturated carbocycles. The Hall–Kier alpha value is -0.790. The van der Waals surface area contributed by atoms with Gasteiger partial charge >= 0.3 is 0 Å². The van der Waals surface area contributed by atoms with E-state index in [-0.39, 0.29) is 0 Å². The third kappa shape index (κ3) is 0.529. The molecule has 0 N–H and O–H groups in total. The Morgan fingerprint density at radius 2 is 2.38 bits per heavy atom. The van der Waals surface area contributed by atoms with Crippen LogP contribution < -0.4 is 0 Å². The predicted octanol–water partition coefficient (Wildman–Crippen LogP) is 1.22. The Labute approximate surface area is 48.1 Å². The summed E-state index contributed by atoms with van der Waals surface area (Å²) in [5.41, 5.74) is 0. The number of nitrogens with zero attached hydrogens (tertiary/aromatic N) is 2. The number of rotatable bonds is 1. The molecule has 1 aliphatic rings. The van der Waals surface area contributed by atoms with Crippen molar-refractivity contribution in [3.63, 3.8) is 0 Å². The maximum atomic E-state index is 4.09. The molecule has 0 bridgehead atoms. The van der Waals surface area contributed by atoms with Crippen LogP contribution in [0.25, 0.3) is 0 Å². The van der Waals surface area contributed by atoms with Crippen molar-refractivity contribution in [2.24, 2.45) is 0 Å². The van der Waals surface area contributed by atoms with Gasteiger partial charge in [0.1, 0.15) is 0 Å². The molecule has 1 aromatic heterocycles. The van der Waals surface area contributed by atoms with Crippen LogP contribution in [-0.4, -0.2) is 9.78 Å². The van der Waals surface area contributed by atoms with Crippen LogP contribution in [0.4, 0.5) is 0 Å². The highest BCUT2D eigenvalue weighted by molar-refractivity contribution is 4.87. The molecule has 0 aromatic carbocycles. The first-order valence-corrected chi connectivity index (χ1v) is 2.96. The maximum absolute atomic E-state index is 4.09. The van der Waals surface area contributed by atoms with Gasteiger partial charge in [0.2, 0.25) is 0 Å². The average molecular weight is 108 g/mol. The van der Waals surface area contributed by atoms with Gasteiger partial charge in [-0.2, -0.15) is 5.10 Å². The standard InChI is InChI=1S/C6H8N2/c1-4-7-8(5-1)6-2-3-6/h1,4-6H,2-3H2. The highest BCUT2D eigenvalue weighted by Gasteiger charge is 2.22. The van der Waals surface area contributed by atoms with Crippen LogP contribution in [-0.2, 0) is 0 Å². The second-order valence-corrected chi connectivity index (χ2v) is 2.22.